The normalized spacial score (nSPS) is 12.4. The lowest BCUT2D eigenvalue weighted by Crippen LogP contribution is -2.47. The average molecular weight is 393 g/mol. The maximum absolute atomic E-state index is 13.0. The third kappa shape index (κ3) is 5.60. The predicted octanol–water partition coefficient (Wildman–Crippen LogP) is 4.55. The summed E-state index contributed by atoms with van der Waals surface area (Å²) in [5.41, 5.74) is 3.06. The van der Waals surface area contributed by atoms with Crippen LogP contribution in [0.25, 0.3) is 10.9 Å². The molecule has 1 aromatic heterocycles. The van der Waals surface area contributed by atoms with Gasteiger partial charge in [0.2, 0.25) is 5.91 Å². The van der Waals surface area contributed by atoms with Crippen molar-refractivity contribution in [3.8, 4) is 0 Å². The molecule has 152 valence electrons. The number of ether oxygens (including phenoxy) is 1. The summed E-state index contributed by atoms with van der Waals surface area (Å²) in [6.45, 7) is 7.34. The lowest BCUT2D eigenvalue weighted by atomic mass is 10.0. The molecule has 1 unspecified atom stereocenters. The number of amides is 2. The zero-order chi connectivity index (χ0) is 21.0. The third-order valence-electron chi connectivity index (χ3n) is 4.43. The maximum atomic E-state index is 13.0. The van der Waals surface area contributed by atoms with Crippen LogP contribution in [-0.2, 0) is 16.0 Å². The number of aromatic amines is 1. The fraction of sp³-hybridized carbons (Fsp3) is 0.304. The highest BCUT2D eigenvalue weighted by molar-refractivity contribution is 5.97. The van der Waals surface area contributed by atoms with Crippen molar-refractivity contribution in [2.75, 3.05) is 5.32 Å². The molecule has 2 aromatic carbocycles. The highest BCUT2D eigenvalue weighted by Gasteiger charge is 2.25. The number of nitrogens with one attached hydrogen (secondary N) is 3. The van der Waals surface area contributed by atoms with Gasteiger partial charge < -0.3 is 20.4 Å². The minimum atomic E-state index is -0.787. The maximum Gasteiger partial charge on any atom is 0.408 e. The fourth-order valence-electron chi connectivity index (χ4n) is 3.05. The van der Waals surface area contributed by atoms with Crippen molar-refractivity contribution in [3.05, 3.63) is 65.9 Å². The van der Waals surface area contributed by atoms with Crippen LogP contribution in [0.3, 0.4) is 0 Å². The number of para-hydroxylation sites is 1. The van der Waals surface area contributed by atoms with E-state index in [2.05, 4.69) is 15.6 Å². The molecule has 6 nitrogen and oxygen atoms in total. The van der Waals surface area contributed by atoms with Gasteiger partial charge in [0, 0.05) is 29.2 Å². The molecule has 2 amide bonds. The summed E-state index contributed by atoms with van der Waals surface area (Å²) in [7, 11) is 0. The highest BCUT2D eigenvalue weighted by Crippen LogP contribution is 2.20. The van der Waals surface area contributed by atoms with Crippen LogP contribution in [0.4, 0.5) is 10.5 Å². The molecule has 0 saturated heterocycles. The van der Waals surface area contributed by atoms with E-state index in [9.17, 15) is 9.59 Å². The first-order chi connectivity index (χ1) is 13.7. The third-order valence-corrected chi connectivity index (χ3v) is 4.43. The number of carbonyl (C=O) groups excluding carboxylic acids is 2. The van der Waals surface area contributed by atoms with Crippen LogP contribution in [-0.4, -0.2) is 28.6 Å². The fourth-order valence-corrected chi connectivity index (χ4v) is 3.05. The van der Waals surface area contributed by atoms with Crippen molar-refractivity contribution in [2.45, 2.75) is 45.8 Å². The Labute approximate surface area is 170 Å². The number of H-pyrrole nitrogens is 1. The zero-order valence-corrected chi connectivity index (χ0v) is 17.2. The van der Waals surface area contributed by atoms with E-state index in [-0.39, 0.29) is 5.91 Å². The molecule has 0 spiro atoms. The van der Waals surface area contributed by atoms with Crippen molar-refractivity contribution in [3.63, 3.8) is 0 Å². The Kier molecular flexibility index (Phi) is 5.92. The Morgan fingerprint density at radius 3 is 2.45 bits per heavy atom. The Hall–Kier alpha value is -3.28. The van der Waals surface area contributed by atoms with Gasteiger partial charge in [-0.1, -0.05) is 35.9 Å². The van der Waals surface area contributed by atoms with Gasteiger partial charge in [0.25, 0.3) is 0 Å². The number of benzene rings is 2. The molecule has 3 rings (SSSR count). The van der Waals surface area contributed by atoms with Crippen LogP contribution in [0.2, 0.25) is 0 Å². The van der Waals surface area contributed by atoms with Gasteiger partial charge in [-0.25, -0.2) is 4.79 Å². The summed E-state index contributed by atoms with van der Waals surface area (Å²) >= 11 is 0. The zero-order valence-electron chi connectivity index (χ0n) is 17.2. The van der Waals surface area contributed by atoms with Gasteiger partial charge >= 0.3 is 6.09 Å². The smallest absolute Gasteiger partial charge is 0.408 e. The second-order valence-corrected chi connectivity index (χ2v) is 8.12. The molecule has 0 radical (unpaired) electrons. The van der Waals surface area contributed by atoms with Crippen LogP contribution in [0.15, 0.2) is 54.7 Å². The molecule has 0 aliphatic rings. The number of rotatable bonds is 5. The number of carbonyl (C=O) groups is 2. The number of alkyl carbamates (subject to hydrolysis) is 1. The summed E-state index contributed by atoms with van der Waals surface area (Å²) in [5, 5.41) is 6.62. The van der Waals surface area contributed by atoms with E-state index in [1.807, 2.05) is 61.7 Å². The molecule has 0 fully saturated rings. The van der Waals surface area contributed by atoms with Gasteiger partial charge in [-0.15, -0.1) is 0 Å². The number of hydrogen-bond acceptors (Lipinski definition) is 3. The predicted molar refractivity (Wildman–Crippen MR) is 115 cm³/mol. The number of anilines is 1. The quantitative estimate of drug-likeness (QED) is 0.595. The van der Waals surface area contributed by atoms with E-state index in [0.717, 1.165) is 22.0 Å². The van der Waals surface area contributed by atoms with Crippen LogP contribution in [0.5, 0.6) is 0 Å². The molecular weight excluding hydrogens is 366 g/mol. The van der Waals surface area contributed by atoms with Gasteiger partial charge in [0.05, 0.1) is 0 Å². The molecule has 6 heteroatoms. The van der Waals surface area contributed by atoms with Crippen molar-refractivity contribution < 1.29 is 14.3 Å². The molecule has 0 saturated carbocycles. The van der Waals surface area contributed by atoms with E-state index in [0.29, 0.717) is 12.1 Å². The summed E-state index contributed by atoms with van der Waals surface area (Å²) < 4.78 is 5.35. The average Bonchev–Trinajstić information content (AvgIpc) is 3.04. The van der Waals surface area contributed by atoms with Gasteiger partial charge in [-0.2, -0.15) is 0 Å². The summed E-state index contributed by atoms with van der Waals surface area (Å²) in [6, 6.07) is 14.6. The lowest BCUT2D eigenvalue weighted by Gasteiger charge is -2.23. The first kappa shape index (κ1) is 20.5. The molecule has 3 aromatic rings. The molecular formula is C23H27N3O3. The SMILES string of the molecule is Cc1ccc(NC(=O)C(Cc2c[nH]c3ccccc23)NC(=O)OC(C)(C)C)cc1. The largest absolute Gasteiger partial charge is 0.444 e. The molecule has 1 atom stereocenters. The number of aryl methyl sites for hydroxylation is 1. The minimum Gasteiger partial charge on any atom is -0.444 e. The first-order valence-electron chi connectivity index (χ1n) is 9.63. The number of fused-ring (bicyclic) bond motifs is 1. The van der Waals surface area contributed by atoms with Crippen molar-refractivity contribution >= 4 is 28.6 Å². The molecule has 1 heterocycles. The Bertz CT molecular complexity index is 1000. The van der Waals surface area contributed by atoms with Crippen molar-refractivity contribution in [1.29, 1.82) is 0 Å². The van der Waals surface area contributed by atoms with Crippen LogP contribution >= 0.6 is 0 Å². The second-order valence-electron chi connectivity index (χ2n) is 8.12. The van der Waals surface area contributed by atoms with Crippen LogP contribution in [0.1, 0.15) is 31.9 Å². The van der Waals surface area contributed by atoms with E-state index < -0.39 is 17.7 Å². The van der Waals surface area contributed by atoms with Crippen molar-refractivity contribution in [2.24, 2.45) is 0 Å². The first-order valence-corrected chi connectivity index (χ1v) is 9.63. The number of aromatic nitrogens is 1. The van der Waals surface area contributed by atoms with Crippen LogP contribution in [0, 0.1) is 6.92 Å². The van der Waals surface area contributed by atoms with Gasteiger partial charge in [0.1, 0.15) is 11.6 Å². The number of hydrogen-bond donors (Lipinski definition) is 3. The van der Waals surface area contributed by atoms with Gasteiger partial charge in [-0.3, -0.25) is 4.79 Å². The molecule has 0 aliphatic carbocycles. The highest BCUT2D eigenvalue weighted by atomic mass is 16.6. The molecule has 29 heavy (non-hydrogen) atoms. The van der Waals surface area contributed by atoms with E-state index in [1.54, 1.807) is 20.8 Å². The second kappa shape index (κ2) is 8.39. The van der Waals surface area contributed by atoms with E-state index in [1.165, 1.54) is 0 Å². The van der Waals surface area contributed by atoms with Gasteiger partial charge in [0.15, 0.2) is 0 Å². The monoisotopic (exact) mass is 393 g/mol. The Balaban J connectivity index is 1.81. The molecule has 0 bridgehead atoms. The van der Waals surface area contributed by atoms with Crippen molar-refractivity contribution in [1.82, 2.24) is 10.3 Å². The van der Waals surface area contributed by atoms with E-state index >= 15 is 0 Å². The van der Waals surface area contributed by atoms with Gasteiger partial charge in [-0.05, 0) is 51.5 Å². The molecule has 3 N–H and O–H groups in total. The van der Waals surface area contributed by atoms with Crippen LogP contribution < -0.4 is 10.6 Å². The Morgan fingerprint density at radius 2 is 1.76 bits per heavy atom. The topological polar surface area (TPSA) is 83.2 Å². The summed E-state index contributed by atoms with van der Waals surface area (Å²) in [5.74, 6) is -0.301. The standard InChI is InChI=1S/C23H27N3O3/c1-15-9-11-17(12-10-15)25-21(27)20(26-22(28)29-23(2,3)4)13-16-14-24-19-8-6-5-7-18(16)19/h5-12,14,20,24H,13H2,1-4H3,(H,25,27)(H,26,28). The van der Waals surface area contributed by atoms with E-state index in [4.69, 9.17) is 4.74 Å². The minimum absolute atomic E-state index is 0.301. The summed E-state index contributed by atoms with van der Waals surface area (Å²) in [6.07, 6.45) is 1.58. The molecule has 0 aliphatic heterocycles. The lowest BCUT2D eigenvalue weighted by molar-refractivity contribution is -0.118. The Morgan fingerprint density at radius 1 is 1.07 bits per heavy atom. The summed E-state index contributed by atoms with van der Waals surface area (Å²) in [4.78, 5) is 28.5.